The van der Waals surface area contributed by atoms with Crippen molar-refractivity contribution in [3.05, 3.63) is 18.2 Å². The lowest BCUT2D eigenvalue weighted by molar-refractivity contribution is 0.520. The third kappa shape index (κ3) is 2.10. The summed E-state index contributed by atoms with van der Waals surface area (Å²) in [6.45, 7) is 0. The molecule has 0 bridgehead atoms. The normalized spacial score (nSPS) is 19.4. The molecule has 100 valence electrons. The van der Waals surface area contributed by atoms with Crippen molar-refractivity contribution in [2.75, 3.05) is 26.0 Å². The molecule has 1 unspecified atom stereocenters. The van der Waals surface area contributed by atoms with E-state index in [1.807, 2.05) is 11.9 Å². The number of hydrogen-bond acceptors (Lipinski definition) is 6. The lowest BCUT2D eigenvalue weighted by Crippen LogP contribution is -2.42. The number of fused-ring (bicyclic) bond motifs is 1. The standard InChI is InChI=1S/C10H16N4O2S2/c1-13(2)18(15,16)7-4-5-8-9(6-7)17-10(12-11)14(8)3/h4-6,10,12H,11H2,1-3H3. The number of anilines is 1. The molecule has 1 aliphatic heterocycles. The van der Waals surface area contributed by atoms with E-state index in [1.165, 1.54) is 30.2 Å². The van der Waals surface area contributed by atoms with Crippen LogP contribution in [0.2, 0.25) is 0 Å². The first-order valence-corrected chi connectivity index (χ1v) is 7.62. The van der Waals surface area contributed by atoms with Gasteiger partial charge in [0.15, 0.2) is 0 Å². The van der Waals surface area contributed by atoms with Crippen molar-refractivity contribution in [1.29, 1.82) is 0 Å². The Balaban J connectivity index is 2.43. The van der Waals surface area contributed by atoms with Gasteiger partial charge in [0.25, 0.3) is 0 Å². The summed E-state index contributed by atoms with van der Waals surface area (Å²) in [6, 6.07) is 5.10. The molecule has 0 radical (unpaired) electrons. The maximum Gasteiger partial charge on any atom is 0.242 e. The molecule has 1 heterocycles. The third-order valence-electron chi connectivity index (χ3n) is 2.82. The van der Waals surface area contributed by atoms with Crippen molar-refractivity contribution in [3.63, 3.8) is 0 Å². The summed E-state index contributed by atoms with van der Waals surface area (Å²) in [5.41, 5.74) is 3.57. The highest BCUT2D eigenvalue weighted by atomic mass is 32.2. The molecule has 1 aliphatic rings. The lowest BCUT2D eigenvalue weighted by atomic mass is 10.3. The number of benzene rings is 1. The van der Waals surface area contributed by atoms with E-state index in [-0.39, 0.29) is 5.50 Å². The van der Waals surface area contributed by atoms with Gasteiger partial charge in [-0.3, -0.25) is 5.84 Å². The first kappa shape index (κ1) is 13.6. The van der Waals surface area contributed by atoms with Crippen LogP contribution in [0.3, 0.4) is 0 Å². The van der Waals surface area contributed by atoms with Crippen LogP contribution < -0.4 is 16.2 Å². The molecular formula is C10H16N4O2S2. The predicted molar refractivity (Wildman–Crippen MR) is 72.7 cm³/mol. The van der Waals surface area contributed by atoms with Gasteiger partial charge in [-0.25, -0.2) is 18.1 Å². The number of hydrazine groups is 1. The second kappa shape index (κ2) is 4.71. The van der Waals surface area contributed by atoms with Gasteiger partial charge in [-0.05, 0) is 18.2 Å². The zero-order valence-corrected chi connectivity index (χ0v) is 12.0. The minimum absolute atomic E-state index is 0.0719. The fourth-order valence-electron chi connectivity index (χ4n) is 1.72. The molecule has 0 amide bonds. The Labute approximate surface area is 111 Å². The lowest BCUT2D eigenvalue weighted by Gasteiger charge is -2.20. The Hall–Kier alpha value is -0.800. The summed E-state index contributed by atoms with van der Waals surface area (Å²) in [7, 11) is 1.56. The maximum atomic E-state index is 12.0. The molecular weight excluding hydrogens is 272 g/mol. The molecule has 3 N–H and O–H groups in total. The predicted octanol–water partition coefficient (Wildman–Crippen LogP) is 0.226. The average Bonchev–Trinajstić information content (AvgIpc) is 2.65. The van der Waals surface area contributed by atoms with Crippen molar-refractivity contribution in [1.82, 2.24) is 9.73 Å². The zero-order chi connectivity index (χ0) is 13.5. The summed E-state index contributed by atoms with van der Waals surface area (Å²) in [5.74, 6) is 5.44. The van der Waals surface area contributed by atoms with Crippen molar-refractivity contribution in [2.24, 2.45) is 5.84 Å². The highest BCUT2D eigenvalue weighted by Gasteiger charge is 2.28. The van der Waals surface area contributed by atoms with E-state index >= 15 is 0 Å². The van der Waals surface area contributed by atoms with Gasteiger partial charge in [0, 0.05) is 26.0 Å². The Morgan fingerprint density at radius 2 is 2.11 bits per heavy atom. The fourth-order valence-corrected chi connectivity index (χ4v) is 3.83. The molecule has 0 saturated carbocycles. The van der Waals surface area contributed by atoms with Gasteiger partial charge in [-0.2, -0.15) is 0 Å². The summed E-state index contributed by atoms with van der Waals surface area (Å²) in [6.07, 6.45) is 0. The number of thioether (sulfide) groups is 1. The largest absolute Gasteiger partial charge is 0.348 e. The van der Waals surface area contributed by atoms with Gasteiger partial charge >= 0.3 is 0 Å². The van der Waals surface area contributed by atoms with Crippen molar-refractivity contribution in [3.8, 4) is 0 Å². The van der Waals surface area contributed by atoms with Gasteiger partial charge in [0.2, 0.25) is 10.0 Å². The van der Waals surface area contributed by atoms with Gasteiger partial charge in [0.05, 0.1) is 10.6 Å². The number of nitrogens with two attached hydrogens (primary N) is 1. The number of nitrogens with zero attached hydrogens (tertiary/aromatic N) is 2. The van der Waals surface area contributed by atoms with Crippen LogP contribution >= 0.6 is 11.8 Å². The van der Waals surface area contributed by atoms with E-state index in [1.54, 1.807) is 18.2 Å². The highest BCUT2D eigenvalue weighted by molar-refractivity contribution is 8.00. The summed E-state index contributed by atoms with van der Waals surface area (Å²) in [4.78, 5) is 3.17. The average molecular weight is 288 g/mol. The van der Waals surface area contributed by atoms with Crippen molar-refractivity contribution >= 4 is 27.5 Å². The molecule has 0 aromatic heterocycles. The van der Waals surface area contributed by atoms with Crippen LogP contribution in [0.1, 0.15) is 0 Å². The van der Waals surface area contributed by atoms with E-state index in [0.717, 1.165) is 10.6 Å². The van der Waals surface area contributed by atoms with Crippen molar-refractivity contribution < 1.29 is 8.42 Å². The second-order valence-electron chi connectivity index (χ2n) is 4.16. The van der Waals surface area contributed by atoms with Crippen LogP contribution in [0.5, 0.6) is 0 Å². The van der Waals surface area contributed by atoms with Crippen LogP contribution in [0.15, 0.2) is 28.0 Å². The topological polar surface area (TPSA) is 78.7 Å². The van der Waals surface area contributed by atoms with Gasteiger partial charge in [-0.1, -0.05) is 11.8 Å². The molecule has 0 saturated heterocycles. The Morgan fingerprint density at radius 3 is 2.67 bits per heavy atom. The number of nitrogens with one attached hydrogen (secondary N) is 1. The Kier molecular flexibility index (Phi) is 3.56. The zero-order valence-electron chi connectivity index (χ0n) is 10.4. The minimum atomic E-state index is -3.39. The van der Waals surface area contributed by atoms with Gasteiger partial charge < -0.3 is 4.90 Å². The Bertz CT molecular complexity index is 559. The first-order chi connectivity index (χ1) is 8.37. The van der Waals surface area contributed by atoms with E-state index < -0.39 is 10.0 Å². The molecule has 0 spiro atoms. The van der Waals surface area contributed by atoms with E-state index in [9.17, 15) is 8.42 Å². The van der Waals surface area contributed by atoms with Crippen LogP contribution in [0.25, 0.3) is 0 Å². The van der Waals surface area contributed by atoms with Gasteiger partial charge in [-0.15, -0.1) is 0 Å². The fraction of sp³-hybridized carbons (Fsp3) is 0.400. The smallest absolute Gasteiger partial charge is 0.242 e. The maximum absolute atomic E-state index is 12.0. The van der Waals surface area contributed by atoms with Crippen LogP contribution in [0, 0.1) is 0 Å². The number of hydrogen-bond donors (Lipinski definition) is 2. The first-order valence-electron chi connectivity index (χ1n) is 5.30. The van der Waals surface area contributed by atoms with Crippen molar-refractivity contribution in [2.45, 2.75) is 15.3 Å². The quantitative estimate of drug-likeness (QED) is 0.612. The third-order valence-corrected chi connectivity index (χ3v) is 5.89. The summed E-state index contributed by atoms with van der Waals surface area (Å²) >= 11 is 1.49. The molecule has 6 nitrogen and oxygen atoms in total. The molecule has 18 heavy (non-hydrogen) atoms. The Morgan fingerprint density at radius 1 is 1.44 bits per heavy atom. The van der Waals surface area contributed by atoms with Crippen LogP contribution in [-0.4, -0.2) is 39.4 Å². The summed E-state index contributed by atoms with van der Waals surface area (Å²) < 4.78 is 25.3. The SMILES string of the molecule is CN1c2ccc(S(=O)(=O)N(C)C)cc2SC1NN. The molecule has 2 rings (SSSR count). The van der Waals surface area contributed by atoms with Crippen LogP contribution in [-0.2, 0) is 10.0 Å². The number of sulfonamides is 1. The molecule has 0 aliphatic carbocycles. The molecule has 1 aromatic carbocycles. The van der Waals surface area contributed by atoms with Gasteiger partial charge in [0.1, 0.15) is 5.50 Å². The molecule has 8 heteroatoms. The highest BCUT2D eigenvalue weighted by Crippen LogP contribution is 2.42. The van der Waals surface area contributed by atoms with E-state index in [2.05, 4.69) is 5.43 Å². The molecule has 0 fully saturated rings. The monoisotopic (exact) mass is 288 g/mol. The molecule has 1 aromatic rings. The van der Waals surface area contributed by atoms with E-state index in [0.29, 0.717) is 4.90 Å². The molecule has 1 atom stereocenters. The minimum Gasteiger partial charge on any atom is -0.348 e. The summed E-state index contributed by atoms with van der Waals surface area (Å²) in [5, 5.41) is 0. The van der Waals surface area contributed by atoms with E-state index in [4.69, 9.17) is 5.84 Å². The second-order valence-corrected chi connectivity index (χ2v) is 7.44. The van der Waals surface area contributed by atoms with Crippen LogP contribution in [0.4, 0.5) is 5.69 Å². The number of rotatable bonds is 3.